The largest absolute Gasteiger partial charge is 0.400 e. The van der Waals surface area contributed by atoms with Crippen molar-refractivity contribution < 1.29 is 17.9 Å². The molecule has 5 nitrogen and oxygen atoms in total. The lowest BCUT2D eigenvalue weighted by atomic mass is 10.2. The Morgan fingerprint density at radius 1 is 1.38 bits per heavy atom. The first-order valence-electron chi connectivity index (χ1n) is 6.08. The normalized spacial score (nSPS) is 14.9. The molecule has 0 amide bonds. The monoisotopic (exact) mass is 335 g/mol. The van der Waals surface area contributed by atoms with Crippen molar-refractivity contribution in [2.24, 2.45) is 0 Å². The number of hydrogen-bond donors (Lipinski definition) is 1. The lowest BCUT2D eigenvalue weighted by Gasteiger charge is -2.13. The molecule has 1 heterocycles. The quantitative estimate of drug-likeness (QED) is 0.671. The number of aromatic nitrogens is 2. The summed E-state index contributed by atoms with van der Waals surface area (Å²) in [5, 5.41) is 3.28. The van der Waals surface area contributed by atoms with Crippen LogP contribution in [0.4, 0.5) is 8.78 Å². The first kappa shape index (κ1) is 16.1. The predicted molar refractivity (Wildman–Crippen MR) is 76.3 cm³/mol. The first-order chi connectivity index (χ1) is 9.74. The van der Waals surface area contributed by atoms with E-state index in [1.54, 1.807) is 30.9 Å². The van der Waals surface area contributed by atoms with Crippen molar-refractivity contribution in [1.82, 2.24) is 15.2 Å². The van der Waals surface area contributed by atoms with Gasteiger partial charge in [0.2, 0.25) is 5.82 Å². The maximum absolute atomic E-state index is 12.8. The summed E-state index contributed by atoms with van der Waals surface area (Å²) in [6.45, 7) is 4.05. The molecule has 9 heteroatoms. The summed E-state index contributed by atoms with van der Waals surface area (Å²) in [4.78, 5) is 3.54. The maximum Gasteiger partial charge on any atom is 0.400 e. The van der Waals surface area contributed by atoms with E-state index in [2.05, 4.69) is 19.8 Å². The summed E-state index contributed by atoms with van der Waals surface area (Å²) in [5.41, 5.74) is 0.464. The molecule has 0 bridgehead atoms. The first-order valence-corrected chi connectivity index (χ1v) is 8.62. The Morgan fingerprint density at radius 3 is 2.48 bits per heavy atom. The van der Waals surface area contributed by atoms with Crippen molar-refractivity contribution in [3.63, 3.8) is 0 Å². The minimum absolute atomic E-state index is 0.00809. The zero-order valence-corrected chi connectivity index (χ0v) is 13.0. The second kappa shape index (κ2) is 5.83. The van der Waals surface area contributed by atoms with E-state index < -0.39 is 18.6 Å². The smallest absolute Gasteiger partial charge is 0.331 e. The van der Waals surface area contributed by atoms with Crippen LogP contribution in [0.2, 0.25) is 0 Å². The number of hydrogen-bond acceptors (Lipinski definition) is 4. The van der Waals surface area contributed by atoms with Gasteiger partial charge in [-0.25, -0.2) is 0 Å². The summed E-state index contributed by atoms with van der Waals surface area (Å²) in [6.07, 6.45) is 0. The van der Waals surface area contributed by atoms with Gasteiger partial charge in [-0.2, -0.15) is 13.8 Å². The molecule has 1 aromatic heterocycles. The summed E-state index contributed by atoms with van der Waals surface area (Å²) in [6, 6.07) is 6.44. The Morgan fingerprint density at radius 2 is 2.00 bits per heavy atom. The fraction of sp³-hybridized carbons (Fsp3) is 0.333. The highest BCUT2D eigenvalue weighted by Crippen LogP contribution is 2.35. The van der Waals surface area contributed by atoms with Gasteiger partial charge in [-0.1, -0.05) is 24.2 Å². The van der Waals surface area contributed by atoms with Crippen LogP contribution in [0.1, 0.15) is 12.8 Å². The third kappa shape index (κ3) is 3.67. The Labute approximate surface area is 125 Å². The van der Waals surface area contributed by atoms with E-state index in [-0.39, 0.29) is 5.82 Å². The van der Waals surface area contributed by atoms with Crippen molar-refractivity contribution in [3.05, 3.63) is 30.2 Å². The van der Waals surface area contributed by atoms with Gasteiger partial charge in [-0.05, 0) is 30.3 Å². The molecular formula is C12H13ClF2N3O2P. The zero-order valence-electron chi connectivity index (χ0n) is 11.3. The van der Waals surface area contributed by atoms with Gasteiger partial charge in [-0.15, -0.1) is 0 Å². The molecule has 114 valence electrons. The lowest BCUT2D eigenvalue weighted by molar-refractivity contribution is 0.0551. The molecule has 2 aromatic rings. The van der Waals surface area contributed by atoms with Crippen molar-refractivity contribution in [2.75, 3.05) is 13.2 Å². The lowest BCUT2D eigenvalue weighted by Crippen LogP contribution is -2.18. The van der Waals surface area contributed by atoms with E-state index >= 15 is 0 Å². The van der Waals surface area contributed by atoms with Gasteiger partial charge in [-0.3, -0.25) is 5.09 Å². The fourth-order valence-electron chi connectivity index (χ4n) is 1.74. The molecular weight excluding hydrogens is 323 g/mol. The van der Waals surface area contributed by atoms with Crippen molar-refractivity contribution in [3.8, 4) is 11.4 Å². The Bertz CT molecular complexity index is 670. The highest BCUT2D eigenvalue weighted by atomic mass is 35.5. The average molecular weight is 336 g/mol. The summed E-state index contributed by atoms with van der Waals surface area (Å²) in [5.74, 6) is -0.969. The van der Waals surface area contributed by atoms with Crippen molar-refractivity contribution in [2.45, 2.75) is 12.3 Å². The third-order valence-electron chi connectivity index (χ3n) is 2.75. The molecule has 0 spiro atoms. The Hall–Kier alpha value is -1.30. The molecule has 0 fully saturated rings. The van der Waals surface area contributed by atoms with E-state index in [0.717, 1.165) is 0 Å². The number of rotatable bonds is 5. The molecule has 0 radical (unpaired) electrons. The van der Waals surface area contributed by atoms with Crippen LogP contribution in [-0.2, 0) is 9.95 Å². The van der Waals surface area contributed by atoms with Crippen LogP contribution in [0.3, 0.4) is 0 Å². The van der Waals surface area contributed by atoms with Crippen LogP contribution in [0.15, 0.2) is 28.8 Å². The van der Waals surface area contributed by atoms with Crippen LogP contribution in [0.5, 0.6) is 0 Å². The Kier molecular flexibility index (Phi) is 4.46. The molecule has 2 rings (SSSR count). The molecule has 0 aliphatic rings. The van der Waals surface area contributed by atoms with Gasteiger partial charge in [0.25, 0.3) is 0 Å². The van der Waals surface area contributed by atoms with Crippen LogP contribution < -0.4 is 10.4 Å². The minimum atomic E-state index is -3.70. The highest BCUT2D eigenvalue weighted by Gasteiger charge is 2.35. The van der Waals surface area contributed by atoms with Gasteiger partial charge in [0.05, 0.1) is 0 Å². The molecule has 0 saturated heterocycles. The molecule has 1 N–H and O–H groups in total. The fourth-order valence-corrected chi connectivity index (χ4v) is 3.32. The van der Waals surface area contributed by atoms with Gasteiger partial charge in [0.15, 0.2) is 7.29 Å². The maximum atomic E-state index is 12.8. The van der Waals surface area contributed by atoms with Gasteiger partial charge in [0.1, 0.15) is 0 Å². The van der Waals surface area contributed by atoms with E-state index in [1.807, 2.05) is 6.92 Å². The molecule has 1 atom stereocenters. The van der Waals surface area contributed by atoms with Crippen molar-refractivity contribution in [1.29, 1.82) is 0 Å². The molecule has 21 heavy (non-hydrogen) atoms. The number of halogens is 3. The van der Waals surface area contributed by atoms with Crippen LogP contribution in [-0.4, -0.2) is 23.4 Å². The SMILES string of the molecule is CCNP(C)(=O)c1ccc(-c2noc(C(F)(F)Cl)n2)cc1. The summed E-state index contributed by atoms with van der Waals surface area (Å²) >= 11 is 4.80. The van der Waals surface area contributed by atoms with Gasteiger partial charge >= 0.3 is 11.3 Å². The third-order valence-corrected chi connectivity index (χ3v) is 5.11. The van der Waals surface area contributed by atoms with Gasteiger partial charge < -0.3 is 9.09 Å². The van der Waals surface area contributed by atoms with E-state index in [4.69, 9.17) is 11.6 Å². The number of nitrogens with one attached hydrogen (secondary N) is 1. The van der Waals surface area contributed by atoms with E-state index in [0.29, 0.717) is 17.4 Å². The second-order valence-corrected chi connectivity index (χ2v) is 7.56. The molecule has 1 aromatic carbocycles. The average Bonchev–Trinajstić information content (AvgIpc) is 2.88. The van der Waals surface area contributed by atoms with Gasteiger partial charge in [0, 0.05) is 17.5 Å². The van der Waals surface area contributed by atoms with E-state index in [1.165, 1.54) is 0 Å². The number of benzene rings is 1. The Balaban J connectivity index is 2.27. The zero-order chi connectivity index (χ0) is 15.7. The standard InChI is InChI=1S/C12H13ClF2N3O2P/c1-3-16-21(2,19)9-6-4-8(5-7-9)10-17-11(20-18-10)12(13,14)15/h4-7H,3H2,1-2H3,(H,16,19). The topological polar surface area (TPSA) is 68.0 Å². The van der Waals surface area contributed by atoms with E-state index in [9.17, 15) is 13.3 Å². The number of nitrogens with zero attached hydrogens (tertiary/aromatic N) is 2. The van der Waals surface area contributed by atoms with Crippen LogP contribution in [0, 0.1) is 0 Å². The predicted octanol–water partition coefficient (Wildman–Crippen LogP) is 3.17. The molecule has 1 unspecified atom stereocenters. The van der Waals surface area contributed by atoms with Crippen molar-refractivity contribution >= 4 is 24.2 Å². The molecule has 0 aliphatic carbocycles. The second-order valence-electron chi connectivity index (χ2n) is 4.40. The number of alkyl halides is 3. The highest BCUT2D eigenvalue weighted by molar-refractivity contribution is 7.68. The van der Waals surface area contributed by atoms with Crippen LogP contribution in [0.25, 0.3) is 11.4 Å². The minimum Gasteiger partial charge on any atom is -0.331 e. The summed E-state index contributed by atoms with van der Waals surface area (Å²) in [7, 11) is -2.63. The molecule has 0 aliphatic heterocycles. The summed E-state index contributed by atoms with van der Waals surface area (Å²) < 4.78 is 42.4. The van der Waals surface area contributed by atoms with Crippen LogP contribution >= 0.6 is 18.9 Å². The molecule has 0 saturated carbocycles.